The van der Waals surface area contributed by atoms with Gasteiger partial charge in [-0.15, -0.1) is 0 Å². The molecule has 0 aromatic heterocycles. The maximum absolute atomic E-state index is 13.2. The van der Waals surface area contributed by atoms with Crippen molar-refractivity contribution in [3.63, 3.8) is 0 Å². The zero-order valence-corrected chi connectivity index (χ0v) is 9.04. The monoisotopic (exact) mass is 284 g/mol. The van der Waals surface area contributed by atoms with E-state index in [9.17, 15) is 22.4 Å². The quantitative estimate of drug-likeness (QED) is 0.568. The molecule has 15 heavy (non-hydrogen) atoms. The summed E-state index contributed by atoms with van der Waals surface area (Å²) in [6.45, 7) is 1.28. The van der Waals surface area contributed by atoms with Crippen molar-refractivity contribution in [3.05, 3.63) is 33.5 Å². The van der Waals surface area contributed by atoms with E-state index in [1.54, 1.807) is 0 Å². The van der Waals surface area contributed by atoms with E-state index in [2.05, 4.69) is 15.9 Å². The molecule has 82 valence electrons. The van der Waals surface area contributed by atoms with Gasteiger partial charge in [0.25, 0.3) is 5.78 Å². The minimum absolute atomic E-state index is 0.0167. The number of halogens is 5. The predicted molar refractivity (Wildman–Crippen MR) is 49.2 cm³/mol. The Balaban J connectivity index is 3.32. The first-order valence-electron chi connectivity index (χ1n) is 3.80. The molecule has 0 N–H and O–H groups in total. The highest BCUT2D eigenvalue weighted by Gasteiger charge is 2.41. The molecule has 0 heterocycles. The van der Waals surface area contributed by atoms with Gasteiger partial charge in [-0.25, -0.2) is 4.39 Å². The Kier molecular flexibility index (Phi) is 3.18. The molecule has 0 bridgehead atoms. The predicted octanol–water partition coefficient (Wildman–Crippen LogP) is 3.64. The Morgan fingerprint density at radius 1 is 1.33 bits per heavy atom. The fourth-order valence-electron chi connectivity index (χ4n) is 1.04. The van der Waals surface area contributed by atoms with Crippen LogP contribution in [0.3, 0.4) is 0 Å². The number of benzene rings is 1. The van der Waals surface area contributed by atoms with Gasteiger partial charge < -0.3 is 0 Å². The second-order valence-corrected chi connectivity index (χ2v) is 3.83. The molecule has 0 aliphatic carbocycles. The first-order valence-corrected chi connectivity index (χ1v) is 4.60. The molecule has 1 nitrogen and oxygen atoms in total. The zero-order valence-electron chi connectivity index (χ0n) is 7.45. The Hall–Kier alpha value is -0.910. The van der Waals surface area contributed by atoms with E-state index in [1.807, 2.05) is 0 Å². The molecule has 0 unspecified atom stereocenters. The summed E-state index contributed by atoms with van der Waals surface area (Å²) in [4.78, 5) is 10.8. The summed E-state index contributed by atoms with van der Waals surface area (Å²) in [6.07, 6.45) is -5.06. The molecule has 0 radical (unpaired) electrons. The van der Waals surface area contributed by atoms with E-state index >= 15 is 0 Å². The van der Waals surface area contributed by atoms with Crippen LogP contribution in [0.1, 0.15) is 15.9 Å². The van der Waals surface area contributed by atoms with Gasteiger partial charge in [-0.1, -0.05) is 15.9 Å². The van der Waals surface area contributed by atoms with Crippen LogP contribution in [-0.2, 0) is 0 Å². The summed E-state index contributed by atoms with van der Waals surface area (Å²) >= 11 is 2.90. The van der Waals surface area contributed by atoms with E-state index in [4.69, 9.17) is 0 Å². The van der Waals surface area contributed by atoms with E-state index in [1.165, 1.54) is 13.0 Å². The van der Waals surface area contributed by atoms with Gasteiger partial charge in [0.2, 0.25) is 0 Å². The fourth-order valence-corrected chi connectivity index (χ4v) is 1.62. The van der Waals surface area contributed by atoms with Crippen LogP contribution >= 0.6 is 15.9 Å². The summed E-state index contributed by atoms with van der Waals surface area (Å²) in [5.74, 6) is -3.31. The highest BCUT2D eigenvalue weighted by molar-refractivity contribution is 9.10. The number of hydrogen-bond acceptors (Lipinski definition) is 1. The maximum atomic E-state index is 13.2. The highest BCUT2D eigenvalue weighted by atomic mass is 79.9. The summed E-state index contributed by atoms with van der Waals surface area (Å²) in [5.41, 5.74) is -0.980. The maximum Gasteiger partial charge on any atom is 0.454 e. The zero-order chi connectivity index (χ0) is 11.8. The largest absolute Gasteiger partial charge is 0.454 e. The SMILES string of the molecule is Cc1cc(Br)cc(C(=O)C(F)(F)F)c1F. The third kappa shape index (κ3) is 2.56. The Morgan fingerprint density at radius 2 is 1.87 bits per heavy atom. The molecule has 1 aromatic rings. The van der Waals surface area contributed by atoms with Crippen LogP contribution in [0.2, 0.25) is 0 Å². The normalized spacial score (nSPS) is 11.6. The number of ketones is 1. The van der Waals surface area contributed by atoms with Crippen molar-refractivity contribution >= 4 is 21.7 Å². The van der Waals surface area contributed by atoms with Crippen LogP contribution in [0.4, 0.5) is 17.6 Å². The van der Waals surface area contributed by atoms with Crippen molar-refractivity contribution in [2.45, 2.75) is 13.1 Å². The Bertz CT molecular complexity index is 411. The summed E-state index contributed by atoms with van der Waals surface area (Å²) in [6, 6.07) is 2.11. The van der Waals surface area contributed by atoms with Crippen molar-refractivity contribution in [1.82, 2.24) is 0 Å². The number of carbonyl (C=O) groups excluding carboxylic acids is 1. The number of rotatable bonds is 1. The Morgan fingerprint density at radius 3 is 2.33 bits per heavy atom. The first-order chi connectivity index (χ1) is 6.73. The summed E-state index contributed by atoms with van der Waals surface area (Å²) < 4.78 is 49.6. The lowest BCUT2D eigenvalue weighted by atomic mass is 10.1. The molecule has 0 saturated carbocycles. The minimum Gasteiger partial charge on any atom is -0.284 e. The van der Waals surface area contributed by atoms with Gasteiger partial charge >= 0.3 is 6.18 Å². The third-order valence-electron chi connectivity index (χ3n) is 1.72. The van der Waals surface area contributed by atoms with Crippen molar-refractivity contribution in [2.75, 3.05) is 0 Å². The number of carbonyl (C=O) groups is 1. The van der Waals surface area contributed by atoms with Crippen LogP contribution < -0.4 is 0 Å². The van der Waals surface area contributed by atoms with Gasteiger partial charge in [0, 0.05) is 4.47 Å². The number of hydrogen-bond donors (Lipinski definition) is 0. The Labute approximate surface area is 91.2 Å². The second-order valence-electron chi connectivity index (χ2n) is 2.91. The molecule has 0 aliphatic heterocycles. The van der Waals surface area contributed by atoms with E-state index in [0.717, 1.165) is 6.07 Å². The van der Waals surface area contributed by atoms with Crippen LogP contribution in [0.25, 0.3) is 0 Å². The van der Waals surface area contributed by atoms with E-state index in [0.29, 0.717) is 0 Å². The van der Waals surface area contributed by atoms with Gasteiger partial charge in [0.05, 0.1) is 5.56 Å². The average molecular weight is 285 g/mol. The molecular formula is C9H5BrF4O. The molecule has 1 rings (SSSR count). The molecule has 0 spiro atoms. The van der Waals surface area contributed by atoms with Gasteiger partial charge in [-0.3, -0.25) is 4.79 Å². The second kappa shape index (κ2) is 3.92. The summed E-state index contributed by atoms with van der Waals surface area (Å²) in [5, 5.41) is 0. The summed E-state index contributed by atoms with van der Waals surface area (Å²) in [7, 11) is 0. The lowest BCUT2D eigenvalue weighted by molar-refractivity contribution is -0.0887. The van der Waals surface area contributed by atoms with Crippen molar-refractivity contribution in [1.29, 1.82) is 0 Å². The van der Waals surface area contributed by atoms with Crippen LogP contribution in [0.5, 0.6) is 0 Å². The lowest BCUT2D eigenvalue weighted by Crippen LogP contribution is -2.24. The molecule has 6 heteroatoms. The van der Waals surface area contributed by atoms with Crippen LogP contribution in [0, 0.1) is 12.7 Å². The fraction of sp³-hybridized carbons (Fsp3) is 0.222. The van der Waals surface area contributed by atoms with Crippen molar-refractivity contribution in [2.24, 2.45) is 0 Å². The molecule has 0 fully saturated rings. The minimum atomic E-state index is -5.06. The topological polar surface area (TPSA) is 17.1 Å². The molecular weight excluding hydrogens is 280 g/mol. The van der Waals surface area contributed by atoms with Crippen molar-refractivity contribution in [3.8, 4) is 0 Å². The van der Waals surface area contributed by atoms with Gasteiger partial charge in [-0.2, -0.15) is 13.2 Å². The number of aryl methyl sites for hydroxylation is 1. The molecule has 1 aromatic carbocycles. The molecule has 0 amide bonds. The first kappa shape index (κ1) is 12.2. The number of alkyl halides is 3. The van der Waals surface area contributed by atoms with E-state index in [-0.39, 0.29) is 10.0 Å². The third-order valence-corrected chi connectivity index (χ3v) is 2.18. The van der Waals surface area contributed by atoms with Crippen molar-refractivity contribution < 1.29 is 22.4 Å². The van der Waals surface area contributed by atoms with Gasteiger partial charge in [0.1, 0.15) is 5.82 Å². The lowest BCUT2D eigenvalue weighted by Gasteiger charge is -2.08. The van der Waals surface area contributed by atoms with Gasteiger partial charge in [-0.05, 0) is 24.6 Å². The molecule has 0 saturated heterocycles. The highest BCUT2D eigenvalue weighted by Crippen LogP contribution is 2.27. The van der Waals surface area contributed by atoms with Crippen LogP contribution in [-0.4, -0.2) is 12.0 Å². The molecule has 0 aliphatic rings. The molecule has 0 atom stereocenters. The number of Topliss-reactive ketones (excluding diaryl/α,β-unsaturated/α-hetero) is 1. The smallest absolute Gasteiger partial charge is 0.284 e. The standard InChI is InChI=1S/C9H5BrF4O/c1-4-2-5(10)3-6(7(4)11)8(15)9(12,13)14/h2-3H,1H3. The van der Waals surface area contributed by atoms with Gasteiger partial charge in [0.15, 0.2) is 0 Å². The van der Waals surface area contributed by atoms with E-state index < -0.39 is 23.3 Å². The van der Waals surface area contributed by atoms with Crippen LogP contribution in [0.15, 0.2) is 16.6 Å². The average Bonchev–Trinajstić information content (AvgIpc) is 2.08.